The summed E-state index contributed by atoms with van der Waals surface area (Å²) in [4.78, 5) is 8.21. The van der Waals surface area contributed by atoms with Gasteiger partial charge in [-0.15, -0.1) is 5.10 Å². The van der Waals surface area contributed by atoms with E-state index in [4.69, 9.17) is 11.6 Å². The van der Waals surface area contributed by atoms with Crippen molar-refractivity contribution in [3.63, 3.8) is 0 Å². The van der Waals surface area contributed by atoms with Crippen LogP contribution in [0.3, 0.4) is 0 Å². The fourth-order valence-electron chi connectivity index (χ4n) is 0.504. The van der Waals surface area contributed by atoms with Crippen molar-refractivity contribution in [3.05, 3.63) is 0 Å². The fourth-order valence-corrected chi connectivity index (χ4v) is 1.14. The molecule has 0 aromatic carbocycles. The molecule has 0 aliphatic rings. The van der Waals surface area contributed by atoms with Crippen LogP contribution in [0.1, 0.15) is 0 Å². The quantitative estimate of drug-likeness (QED) is 0.320. The number of hydrogen-bond acceptors (Lipinski definition) is 6. The van der Waals surface area contributed by atoms with Gasteiger partial charge in [0.15, 0.2) is 0 Å². The van der Waals surface area contributed by atoms with Crippen molar-refractivity contribution >= 4 is 17.7 Å². The number of anilines is 1. The van der Waals surface area contributed by atoms with E-state index in [9.17, 15) is 0 Å². The Hall–Kier alpha value is -0.790. The lowest BCUT2D eigenvalue weighted by Gasteiger charge is -1.92. The maximum absolute atomic E-state index is 5.28. The van der Waals surface area contributed by atoms with Gasteiger partial charge in [-0.25, -0.2) is 11.0 Å². The lowest BCUT2D eigenvalue weighted by Crippen LogP contribution is -2.02. The van der Waals surface area contributed by atoms with Crippen LogP contribution in [-0.2, 0) is 4.84 Å². The number of H-pyrrole nitrogens is 1. The van der Waals surface area contributed by atoms with E-state index in [0.717, 1.165) is 0 Å². The molecule has 62 valence electrons. The van der Waals surface area contributed by atoms with Gasteiger partial charge in [0.2, 0.25) is 11.1 Å². The number of nitrogen functional groups attached to an aromatic ring is 1. The van der Waals surface area contributed by atoms with Gasteiger partial charge in [-0.2, -0.15) is 4.98 Å². The summed E-state index contributed by atoms with van der Waals surface area (Å²) in [5.41, 5.74) is 5.28. The average Bonchev–Trinajstić information content (AvgIpc) is 2.37. The van der Waals surface area contributed by atoms with Crippen LogP contribution < -0.4 is 11.6 Å². The summed E-state index contributed by atoms with van der Waals surface area (Å²) in [5.74, 6) is 5.85. The lowest BCUT2D eigenvalue weighted by atomic mass is 10.9. The molecule has 6 nitrogen and oxygen atoms in total. The highest BCUT2D eigenvalue weighted by atomic mass is 32.2. The molecule has 1 aromatic rings. The maximum Gasteiger partial charge on any atom is 0.216 e. The van der Waals surface area contributed by atoms with Crippen LogP contribution in [-0.4, -0.2) is 27.5 Å². The second kappa shape index (κ2) is 4.16. The number of nitrogens with one attached hydrogen (secondary N) is 1. The molecule has 0 amide bonds. The van der Waals surface area contributed by atoms with E-state index in [-0.39, 0.29) is 0 Å². The molecule has 0 saturated heterocycles. The minimum atomic E-state index is 0.321. The predicted octanol–water partition coefficient (Wildman–Crippen LogP) is -0.631. The smallest absolute Gasteiger partial charge is 0.216 e. The molecule has 0 bridgehead atoms. The van der Waals surface area contributed by atoms with E-state index in [1.165, 1.54) is 11.8 Å². The minimum Gasteiger partial charge on any atom is -0.368 e. The van der Waals surface area contributed by atoms with E-state index in [2.05, 4.69) is 20.0 Å². The van der Waals surface area contributed by atoms with E-state index in [1.54, 1.807) is 0 Å². The molecule has 1 aromatic heterocycles. The molecular formula is C4H9N5OS. The van der Waals surface area contributed by atoms with Gasteiger partial charge in [0.1, 0.15) is 0 Å². The first-order valence-electron chi connectivity index (χ1n) is 2.95. The molecule has 5 N–H and O–H groups in total. The molecule has 0 atom stereocenters. The monoisotopic (exact) mass is 175 g/mol. The number of rotatable bonds is 4. The van der Waals surface area contributed by atoms with Crippen molar-refractivity contribution in [2.24, 2.45) is 5.90 Å². The van der Waals surface area contributed by atoms with Gasteiger partial charge >= 0.3 is 0 Å². The standard InChI is InChI=1S/C4H9N5OS/c5-3-7-4(9-8-3)11-2-1-10-6/h1-2,6H2,(H3,5,7,8,9). The molecule has 7 heteroatoms. The van der Waals surface area contributed by atoms with Crippen molar-refractivity contribution in [3.8, 4) is 0 Å². The van der Waals surface area contributed by atoms with Crippen molar-refractivity contribution in [2.45, 2.75) is 5.16 Å². The van der Waals surface area contributed by atoms with Crippen LogP contribution in [0.4, 0.5) is 5.95 Å². The first-order chi connectivity index (χ1) is 5.33. The largest absolute Gasteiger partial charge is 0.368 e. The van der Waals surface area contributed by atoms with Crippen LogP contribution in [0.15, 0.2) is 5.16 Å². The third-order valence-electron chi connectivity index (χ3n) is 0.915. The number of nitrogens with zero attached hydrogens (tertiary/aromatic N) is 2. The Morgan fingerprint density at radius 1 is 1.64 bits per heavy atom. The van der Waals surface area contributed by atoms with Gasteiger partial charge in [0.05, 0.1) is 6.61 Å². The van der Waals surface area contributed by atoms with Crippen molar-refractivity contribution < 1.29 is 4.84 Å². The zero-order valence-electron chi connectivity index (χ0n) is 5.78. The minimum absolute atomic E-state index is 0.321. The Labute approximate surface area is 67.6 Å². The zero-order valence-corrected chi connectivity index (χ0v) is 6.60. The summed E-state index contributed by atoms with van der Waals surface area (Å²) in [6.45, 7) is 0.471. The SMILES string of the molecule is NOCCSc1n[nH]c(N)n1. The van der Waals surface area contributed by atoms with Crippen LogP contribution in [0.25, 0.3) is 0 Å². The number of nitrogens with two attached hydrogens (primary N) is 2. The van der Waals surface area contributed by atoms with Crippen LogP contribution >= 0.6 is 11.8 Å². The summed E-state index contributed by atoms with van der Waals surface area (Å²) in [5, 5.41) is 6.92. The highest BCUT2D eigenvalue weighted by Gasteiger charge is 1.98. The van der Waals surface area contributed by atoms with E-state index in [1.807, 2.05) is 0 Å². The summed E-state index contributed by atoms with van der Waals surface area (Å²) >= 11 is 1.43. The Kier molecular flexibility index (Phi) is 3.14. The van der Waals surface area contributed by atoms with Gasteiger partial charge in [0.25, 0.3) is 0 Å². The number of aromatic nitrogens is 3. The van der Waals surface area contributed by atoms with Gasteiger partial charge in [-0.05, 0) is 0 Å². The van der Waals surface area contributed by atoms with Crippen LogP contribution in [0.2, 0.25) is 0 Å². The second-order valence-electron chi connectivity index (χ2n) is 1.72. The third kappa shape index (κ3) is 2.74. The molecular weight excluding hydrogens is 166 g/mol. The molecule has 0 radical (unpaired) electrons. The first-order valence-corrected chi connectivity index (χ1v) is 3.94. The number of thioether (sulfide) groups is 1. The van der Waals surface area contributed by atoms with Gasteiger partial charge in [-0.1, -0.05) is 11.8 Å². The summed E-state index contributed by atoms with van der Waals surface area (Å²) in [7, 11) is 0. The molecule has 0 aliphatic carbocycles. The molecule has 1 rings (SSSR count). The van der Waals surface area contributed by atoms with Crippen LogP contribution in [0, 0.1) is 0 Å². The normalized spacial score (nSPS) is 10.3. The van der Waals surface area contributed by atoms with Gasteiger partial charge in [-0.3, -0.25) is 0 Å². The molecule has 0 unspecified atom stereocenters. The van der Waals surface area contributed by atoms with Gasteiger partial charge < -0.3 is 10.6 Å². The van der Waals surface area contributed by atoms with Crippen LogP contribution in [0.5, 0.6) is 0 Å². The molecule has 1 heterocycles. The first kappa shape index (κ1) is 8.31. The average molecular weight is 175 g/mol. The fraction of sp³-hybridized carbons (Fsp3) is 0.500. The van der Waals surface area contributed by atoms with Crippen molar-refractivity contribution in [1.29, 1.82) is 0 Å². The molecule has 0 saturated carbocycles. The maximum atomic E-state index is 5.28. The molecule has 0 spiro atoms. The Balaban J connectivity index is 2.27. The van der Waals surface area contributed by atoms with E-state index < -0.39 is 0 Å². The third-order valence-corrected chi connectivity index (χ3v) is 1.73. The van der Waals surface area contributed by atoms with Crippen molar-refractivity contribution in [1.82, 2.24) is 15.2 Å². The lowest BCUT2D eigenvalue weighted by molar-refractivity contribution is 0.155. The number of hydrogen-bond donors (Lipinski definition) is 3. The highest BCUT2D eigenvalue weighted by Crippen LogP contribution is 2.11. The Morgan fingerprint density at radius 2 is 2.45 bits per heavy atom. The van der Waals surface area contributed by atoms with Gasteiger partial charge in [0, 0.05) is 5.75 Å². The molecule has 11 heavy (non-hydrogen) atoms. The molecule has 0 aliphatic heterocycles. The highest BCUT2D eigenvalue weighted by molar-refractivity contribution is 7.99. The predicted molar refractivity (Wildman–Crippen MR) is 41.7 cm³/mol. The Bertz CT molecular complexity index is 214. The number of aromatic amines is 1. The topological polar surface area (TPSA) is 103 Å². The van der Waals surface area contributed by atoms with E-state index in [0.29, 0.717) is 23.5 Å². The summed E-state index contributed by atoms with van der Waals surface area (Å²) < 4.78 is 0. The van der Waals surface area contributed by atoms with Crippen molar-refractivity contribution in [2.75, 3.05) is 18.1 Å². The summed E-state index contributed by atoms with van der Waals surface area (Å²) in [6.07, 6.45) is 0. The Morgan fingerprint density at radius 3 is 3.00 bits per heavy atom. The molecule has 0 fully saturated rings. The second-order valence-corrected chi connectivity index (χ2v) is 2.78. The zero-order chi connectivity index (χ0) is 8.10. The van der Waals surface area contributed by atoms with E-state index >= 15 is 0 Å². The summed E-state index contributed by atoms with van der Waals surface area (Å²) in [6, 6.07) is 0.